The third-order valence-corrected chi connectivity index (χ3v) is 8.05. The number of carbonyl (C=O) groups is 1. The average molecular weight is 570 g/mol. The lowest BCUT2D eigenvalue weighted by Gasteiger charge is -2.22. The topological polar surface area (TPSA) is 85.6 Å². The number of hydrogen-bond donors (Lipinski definition) is 0. The minimum Gasteiger partial charge on any atom is -0.378 e. The van der Waals surface area contributed by atoms with Crippen molar-refractivity contribution in [3.05, 3.63) is 0 Å². The van der Waals surface area contributed by atoms with Crippen molar-refractivity contribution >= 4 is 5.91 Å². The number of unbranched alkanes of at least 4 members (excludes halogenated alkanes) is 10. The SMILES string of the molecule is CCCCCCCC(CCCCCCCCCC(=O)N(CCOCC1CO1)CCOCC1CO1)COCC1CO1. The molecule has 3 heterocycles. The van der Waals surface area contributed by atoms with Gasteiger partial charge < -0.3 is 33.3 Å². The van der Waals surface area contributed by atoms with E-state index in [1.807, 2.05) is 4.90 Å². The number of ether oxygens (including phenoxy) is 6. The van der Waals surface area contributed by atoms with E-state index in [0.717, 1.165) is 45.9 Å². The smallest absolute Gasteiger partial charge is 0.222 e. The maximum absolute atomic E-state index is 12.9. The molecule has 0 radical (unpaired) electrons. The largest absolute Gasteiger partial charge is 0.378 e. The van der Waals surface area contributed by atoms with Crippen LogP contribution >= 0.6 is 0 Å². The third-order valence-electron chi connectivity index (χ3n) is 8.05. The minimum atomic E-state index is 0.216. The van der Waals surface area contributed by atoms with Crippen molar-refractivity contribution in [1.82, 2.24) is 4.90 Å². The van der Waals surface area contributed by atoms with Crippen LogP contribution in [0.4, 0.5) is 0 Å². The summed E-state index contributed by atoms with van der Waals surface area (Å²) in [6.07, 6.45) is 19.3. The molecule has 0 aromatic carbocycles. The highest BCUT2D eigenvalue weighted by atomic mass is 16.6. The summed E-state index contributed by atoms with van der Waals surface area (Å²) in [6.45, 7) is 10.0. The Kier molecular flexibility index (Phi) is 18.4. The van der Waals surface area contributed by atoms with E-state index in [4.69, 9.17) is 28.4 Å². The molecule has 1 amide bonds. The summed E-state index contributed by atoms with van der Waals surface area (Å²) in [5, 5.41) is 0. The minimum absolute atomic E-state index is 0.216. The van der Waals surface area contributed by atoms with Crippen molar-refractivity contribution in [2.45, 2.75) is 122 Å². The summed E-state index contributed by atoms with van der Waals surface area (Å²) < 4.78 is 33.0. The Morgan fingerprint density at radius 1 is 0.675 bits per heavy atom. The summed E-state index contributed by atoms with van der Waals surface area (Å²) >= 11 is 0. The van der Waals surface area contributed by atoms with Gasteiger partial charge in [-0.3, -0.25) is 4.79 Å². The van der Waals surface area contributed by atoms with E-state index in [-0.39, 0.29) is 18.1 Å². The molecule has 4 atom stereocenters. The Morgan fingerprint density at radius 2 is 1.12 bits per heavy atom. The van der Waals surface area contributed by atoms with Crippen LogP contribution in [0.25, 0.3) is 0 Å². The van der Waals surface area contributed by atoms with E-state index < -0.39 is 0 Å². The first kappa shape index (κ1) is 33.7. The van der Waals surface area contributed by atoms with Gasteiger partial charge in [-0.05, 0) is 25.2 Å². The maximum Gasteiger partial charge on any atom is 0.222 e. The number of carbonyl (C=O) groups excluding carboxylic acids is 1. The highest BCUT2D eigenvalue weighted by Crippen LogP contribution is 2.21. The fourth-order valence-electron chi connectivity index (χ4n) is 5.10. The average Bonchev–Trinajstić information content (AvgIpc) is 3.80. The predicted molar refractivity (Wildman–Crippen MR) is 157 cm³/mol. The zero-order valence-corrected chi connectivity index (χ0v) is 25.5. The second-order valence-electron chi connectivity index (χ2n) is 12.0. The van der Waals surface area contributed by atoms with Crippen LogP contribution < -0.4 is 0 Å². The van der Waals surface area contributed by atoms with E-state index in [1.54, 1.807) is 0 Å². The highest BCUT2D eigenvalue weighted by Gasteiger charge is 2.24. The van der Waals surface area contributed by atoms with Gasteiger partial charge in [0, 0.05) is 26.1 Å². The standard InChI is InChI=1S/C32H59NO7/c1-2-3-4-8-11-14-28(21-37-24-31-27-40-31)15-12-9-6-5-7-10-13-16-32(34)33(17-19-35-22-29-25-38-29)18-20-36-23-30-26-39-30/h28-31H,2-27H2,1H3. The molecule has 0 aliphatic carbocycles. The first-order valence-corrected chi connectivity index (χ1v) is 16.6. The second-order valence-corrected chi connectivity index (χ2v) is 12.0. The van der Waals surface area contributed by atoms with Crippen molar-refractivity contribution in [1.29, 1.82) is 0 Å². The van der Waals surface area contributed by atoms with Crippen LogP contribution in [-0.2, 0) is 33.2 Å². The van der Waals surface area contributed by atoms with Gasteiger partial charge in [-0.2, -0.15) is 0 Å². The van der Waals surface area contributed by atoms with Crippen LogP contribution in [0.1, 0.15) is 103 Å². The molecule has 40 heavy (non-hydrogen) atoms. The Labute approximate surface area is 244 Å². The van der Waals surface area contributed by atoms with Gasteiger partial charge in [0.2, 0.25) is 5.91 Å². The summed E-state index contributed by atoms with van der Waals surface area (Å²) in [6, 6.07) is 0. The zero-order chi connectivity index (χ0) is 28.1. The maximum atomic E-state index is 12.9. The molecule has 0 N–H and O–H groups in total. The molecule has 3 aliphatic heterocycles. The van der Waals surface area contributed by atoms with Crippen LogP contribution in [0.15, 0.2) is 0 Å². The first-order valence-electron chi connectivity index (χ1n) is 16.6. The van der Waals surface area contributed by atoms with Crippen LogP contribution in [0.5, 0.6) is 0 Å². The molecule has 3 rings (SSSR count). The number of nitrogens with zero attached hydrogens (tertiary/aromatic N) is 1. The lowest BCUT2D eigenvalue weighted by molar-refractivity contribution is -0.133. The normalized spacial score (nSPS) is 21.9. The Morgan fingerprint density at radius 3 is 1.62 bits per heavy atom. The van der Waals surface area contributed by atoms with Crippen LogP contribution in [0, 0.1) is 5.92 Å². The molecule has 0 aromatic rings. The molecule has 0 saturated carbocycles. The van der Waals surface area contributed by atoms with Crippen molar-refractivity contribution in [2.24, 2.45) is 5.92 Å². The lowest BCUT2D eigenvalue weighted by atomic mass is 9.95. The Balaban J connectivity index is 1.17. The molecule has 0 aromatic heterocycles. The number of hydrogen-bond acceptors (Lipinski definition) is 7. The van der Waals surface area contributed by atoms with Gasteiger partial charge in [0.1, 0.15) is 18.3 Å². The van der Waals surface area contributed by atoms with E-state index in [0.29, 0.717) is 58.0 Å². The van der Waals surface area contributed by atoms with E-state index >= 15 is 0 Å². The molecule has 8 heteroatoms. The quantitative estimate of drug-likeness (QED) is 0.0828. The van der Waals surface area contributed by atoms with E-state index in [1.165, 1.54) is 77.0 Å². The number of amides is 1. The predicted octanol–water partition coefficient (Wildman–Crippen LogP) is 5.55. The number of rotatable bonds is 30. The first-order chi connectivity index (χ1) is 19.7. The van der Waals surface area contributed by atoms with Crippen molar-refractivity contribution in [3.8, 4) is 0 Å². The molecule has 0 bridgehead atoms. The summed E-state index contributed by atoms with van der Waals surface area (Å²) in [4.78, 5) is 14.8. The van der Waals surface area contributed by atoms with Gasteiger partial charge in [0.25, 0.3) is 0 Å². The summed E-state index contributed by atoms with van der Waals surface area (Å²) in [5.41, 5.74) is 0. The molecule has 234 valence electrons. The monoisotopic (exact) mass is 569 g/mol. The fourth-order valence-corrected chi connectivity index (χ4v) is 5.10. The highest BCUT2D eigenvalue weighted by molar-refractivity contribution is 5.76. The van der Waals surface area contributed by atoms with Gasteiger partial charge in [0.05, 0.1) is 52.9 Å². The number of epoxide rings is 3. The van der Waals surface area contributed by atoms with Crippen molar-refractivity contribution in [3.63, 3.8) is 0 Å². The van der Waals surface area contributed by atoms with Crippen LogP contribution in [0.3, 0.4) is 0 Å². The van der Waals surface area contributed by atoms with E-state index in [9.17, 15) is 4.79 Å². The summed E-state index contributed by atoms with van der Waals surface area (Å²) in [5.74, 6) is 0.919. The van der Waals surface area contributed by atoms with Gasteiger partial charge in [-0.15, -0.1) is 0 Å². The third kappa shape index (κ3) is 18.6. The van der Waals surface area contributed by atoms with E-state index in [2.05, 4.69) is 6.92 Å². The van der Waals surface area contributed by atoms with Gasteiger partial charge in [-0.1, -0.05) is 77.6 Å². The Hall–Kier alpha value is -0.770. The summed E-state index contributed by atoms with van der Waals surface area (Å²) in [7, 11) is 0. The van der Waals surface area contributed by atoms with Gasteiger partial charge in [0.15, 0.2) is 0 Å². The van der Waals surface area contributed by atoms with Crippen molar-refractivity contribution < 1.29 is 33.2 Å². The fraction of sp³-hybridized carbons (Fsp3) is 0.969. The lowest BCUT2D eigenvalue weighted by Crippen LogP contribution is -2.37. The molecule has 8 nitrogen and oxygen atoms in total. The molecule has 3 saturated heterocycles. The molecule has 3 aliphatic rings. The second kappa shape index (κ2) is 21.9. The van der Waals surface area contributed by atoms with Gasteiger partial charge >= 0.3 is 0 Å². The molecule has 4 unspecified atom stereocenters. The van der Waals surface area contributed by atoms with Crippen LogP contribution in [0.2, 0.25) is 0 Å². The zero-order valence-electron chi connectivity index (χ0n) is 25.5. The van der Waals surface area contributed by atoms with Gasteiger partial charge in [-0.25, -0.2) is 0 Å². The van der Waals surface area contributed by atoms with Crippen molar-refractivity contribution in [2.75, 3.05) is 72.6 Å². The van der Waals surface area contributed by atoms with Crippen LogP contribution in [-0.4, -0.2) is 102 Å². The molecule has 3 fully saturated rings. The Bertz CT molecular complexity index is 604. The molecule has 0 spiro atoms. The molecular weight excluding hydrogens is 510 g/mol. The molecular formula is C32H59NO7.